The van der Waals surface area contributed by atoms with Gasteiger partial charge in [-0.15, -0.1) is 0 Å². The zero-order chi connectivity index (χ0) is 13.8. The second-order valence-electron chi connectivity index (χ2n) is 3.82. The Hall–Kier alpha value is -1.46. The number of aromatic nitrogens is 2. The zero-order valence-corrected chi connectivity index (χ0v) is 12.5. The summed E-state index contributed by atoms with van der Waals surface area (Å²) >= 11 is 9.30. The van der Waals surface area contributed by atoms with Crippen LogP contribution in [0.15, 0.2) is 29.0 Å². The van der Waals surface area contributed by atoms with Gasteiger partial charge < -0.3 is 5.32 Å². The van der Waals surface area contributed by atoms with E-state index in [0.717, 1.165) is 22.1 Å². The Morgan fingerprint density at radius 1 is 1.42 bits per heavy atom. The smallest absolute Gasteiger partial charge is 0.156 e. The first-order valence-electron chi connectivity index (χ1n) is 5.66. The summed E-state index contributed by atoms with van der Waals surface area (Å²) in [5.74, 6) is 0.409. The normalized spacial score (nSPS) is 10.3. The Bertz CT molecular complexity index is 619. The van der Waals surface area contributed by atoms with Crippen LogP contribution in [-0.4, -0.2) is 16.3 Å². The number of anilines is 2. The molecule has 4 nitrogen and oxygen atoms in total. The van der Waals surface area contributed by atoms with Crippen LogP contribution in [0.5, 0.6) is 0 Å². The van der Waals surface area contributed by atoms with Crippen molar-refractivity contribution in [2.75, 3.05) is 5.32 Å². The summed E-state index contributed by atoms with van der Waals surface area (Å²) in [4.78, 5) is 18.9. The van der Waals surface area contributed by atoms with Gasteiger partial charge in [0.15, 0.2) is 6.29 Å². The fourth-order valence-electron chi connectivity index (χ4n) is 1.68. The van der Waals surface area contributed by atoms with Gasteiger partial charge in [-0.05, 0) is 30.2 Å². The number of hydrogen-bond donors (Lipinski definition) is 1. The van der Waals surface area contributed by atoms with Crippen LogP contribution in [0.1, 0.15) is 22.8 Å². The number of aldehydes is 1. The average Bonchev–Trinajstić information content (AvgIpc) is 2.41. The molecule has 0 fully saturated rings. The number of aryl methyl sites for hydroxylation is 1. The second kappa shape index (κ2) is 6.12. The number of carbonyl (C=O) groups is 1. The van der Waals surface area contributed by atoms with Crippen LogP contribution in [0.25, 0.3) is 0 Å². The lowest BCUT2D eigenvalue weighted by molar-refractivity contribution is 0.112. The van der Waals surface area contributed by atoms with Gasteiger partial charge in [-0.1, -0.05) is 34.5 Å². The van der Waals surface area contributed by atoms with Crippen molar-refractivity contribution < 1.29 is 4.79 Å². The van der Waals surface area contributed by atoms with E-state index in [9.17, 15) is 4.79 Å². The third-order valence-electron chi connectivity index (χ3n) is 2.65. The Morgan fingerprint density at radius 2 is 2.21 bits per heavy atom. The molecular weight excluding hydrogens is 330 g/mol. The van der Waals surface area contributed by atoms with Gasteiger partial charge in [0.1, 0.15) is 17.3 Å². The van der Waals surface area contributed by atoms with Crippen LogP contribution in [0, 0.1) is 0 Å². The zero-order valence-electron chi connectivity index (χ0n) is 10.2. The maximum Gasteiger partial charge on any atom is 0.156 e. The lowest BCUT2D eigenvalue weighted by Crippen LogP contribution is -2.02. The van der Waals surface area contributed by atoms with Gasteiger partial charge >= 0.3 is 0 Å². The molecule has 0 radical (unpaired) electrons. The highest BCUT2D eigenvalue weighted by Crippen LogP contribution is 2.26. The number of nitrogens with one attached hydrogen (secondary N) is 1. The molecule has 0 unspecified atom stereocenters. The van der Waals surface area contributed by atoms with Crippen LogP contribution < -0.4 is 5.32 Å². The molecule has 0 atom stereocenters. The molecule has 0 saturated carbocycles. The van der Waals surface area contributed by atoms with Crippen LogP contribution in [0.2, 0.25) is 5.15 Å². The number of nitrogens with zero attached hydrogens (tertiary/aromatic N) is 2. The monoisotopic (exact) mass is 339 g/mol. The van der Waals surface area contributed by atoms with E-state index in [0.29, 0.717) is 12.1 Å². The molecule has 1 N–H and O–H groups in total. The molecular formula is C13H11BrClN3O. The number of carbonyl (C=O) groups excluding carboxylic acids is 1. The van der Waals surface area contributed by atoms with Crippen molar-refractivity contribution in [1.82, 2.24) is 9.97 Å². The van der Waals surface area contributed by atoms with Crippen LogP contribution >= 0.6 is 27.5 Å². The van der Waals surface area contributed by atoms with E-state index in [1.807, 2.05) is 18.2 Å². The Balaban J connectivity index is 2.41. The molecule has 0 saturated heterocycles. The topological polar surface area (TPSA) is 54.9 Å². The average molecular weight is 341 g/mol. The summed E-state index contributed by atoms with van der Waals surface area (Å²) in [6.07, 6.45) is 2.83. The molecule has 0 bridgehead atoms. The minimum absolute atomic E-state index is 0.141. The summed E-state index contributed by atoms with van der Waals surface area (Å²) in [7, 11) is 0. The molecule has 0 aliphatic rings. The maximum atomic E-state index is 11.0. The summed E-state index contributed by atoms with van der Waals surface area (Å²) in [5.41, 5.74) is 2.26. The predicted octanol–water partition coefficient (Wildman–Crippen LogP) is 4.01. The first kappa shape index (κ1) is 14.0. The molecule has 19 heavy (non-hydrogen) atoms. The molecule has 6 heteroatoms. The van der Waals surface area contributed by atoms with Gasteiger partial charge in [-0.2, -0.15) is 0 Å². The third kappa shape index (κ3) is 3.11. The van der Waals surface area contributed by atoms with E-state index >= 15 is 0 Å². The van der Waals surface area contributed by atoms with E-state index in [-0.39, 0.29) is 10.7 Å². The van der Waals surface area contributed by atoms with E-state index in [4.69, 9.17) is 11.6 Å². The Kier molecular flexibility index (Phi) is 4.50. The van der Waals surface area contributed by atoms with Gasteiger partial charge in [0.2, 0.25) is 0 Å². The SMILES string of the molecule is CCc1cc(Br)ccc1Nc1ncnc(Cl)c1C=O. The number of hydrogen-bond acceptors (Lipinski definition) is 4. The van der Waals surface area contributed by atoms with Gasteiger partial charge in [-0.25, -0.2) is 9.97 Å². The summed E-state index contributed by atoms with van der Waals surface area (Å²) in [6, 6.07) is 5.87. The summed E-state index contributed by atoms with van der Waals surface area (Å²) in [6.45, 7) is 2.06. The molecule has 1 aromatic carbocycles. The first-order valence-corrected chi connectivity index (χ1v) is 6.84. The Labute approximate surface area is 124 Å². The van der Waals surface area contributed by atoms with Gasteiger partial charge in [0.05, 0.1) is 5.56 Å². The van der Waals surface area contributed by atoms with Gasteiger partial charge in [0.25, 0.3) is 0 Å². The number of rotatable bonds is 4. The lowest BCUT2D eigenvalue weighted by Gasteiger charge is -2.12. The van der Waals surface area contributed by atoms with E-state index in [1.54, 1.807) is 0 Å². The quantitative estimate of drug-likeness (QED) is 0.675. The standard InChI is InChI=1S/C13H11BrClN3O/c1-2-8-5-9(14)3-4-11(8)18-13-10(6-19)12(15)16-7-17-13/h3-7H,2H2,1H3,(H,16,17,18). The third-order valence-corrected chi connectivity index (χ3v) is 3.45. The van der Waals surface area contributed by atoms with Crippen LogP contribution in [-0.2, 0) is 6.42 Å². The molecule has 0 aliphatic carbocycles. The van der Waals surface area contributed by atoms with Crippen molar-refractivity contribution in [3.63, 3.8) is 0 Å². The van der Waals surface area contributed by atoms with E-state index < -0.39 is 0 Å². The van der Waals surface area contributed by atoms with Crippen molar-refractivity contribution in [2.45, 2.75) is 13.3 Å². The predicted molar refractivity (Wildman–Crippen MR) is 79.2 cm³/mol. The van der Waals surface area contributed by atoms with Gasteiger partial charge in [-0.3, -0.25) is 4.79 Å². The summed E-state index contributed by atoms with van der Waals surface area (Å²) < 4.78 is 1.01. The molecule has 1 heterocycles. The fourth-order valence-corrected chi connectivity index (χ4v) is 2.27. The second-order valence-corrected chi connectivity index (χ2v) is 5.10. The van der Waals surface area contributed by atoms with Crippen molar-refractivity contribution in [3.05, 3.63) is 45.3 Å². The molecule has 1 aromatic heterocycles. The minimum atomic E-state index is 0.141. The Morgan fingerprint density at radius 3 is 2.89 bits per heavy atom. The first-order chi connectivity index (χ1) is 9.15. The van der Waals surface area contributed by atoms with Crippen molar-refractivity contribution >= 4 is 45.3 Å². The molecule has 2 rings (SSSR count). The van der Waals surface area contributed by atoms with Gasteiger partial charge in [0, 0.05) is 10.2 Å². The molecule has 98 valence electrons. The molecule has 0 aliphatic heterocycles. The van der Waals surface area contributed by atoms with Crippen molar-refractivity contribution in [2.24, 2.45) is 0 Å². The lowest BCUT2D eigenvalue weighted by atomic mass is 10.1. The van der Waals surface area contributed by atoms with Crippen LogP contribution in [0.3, 0.4) is 0 Å². The number of benzene rings is 1. The molecule has 0 amide bonds. The highest BCUT2D eigenvalue weighted by molar-refractivity contribution is 9.10. The van der Waals surface area contributed by atoms with E-state index in [1.165, 1.54) is 6.33 Å². The number of halogens is 2. The van der Waals surface area contributed by atoms with E-state index in [2.05, 4.69) is 38.1 Å². The summed E-state index contributed by atoms with van der Waals surface area (Å²) in [5, 5.41) is 3.26. The largest absolute Gasteiger partial charge is 0.339 e. The molecule has 2 aromatic rings. The maximum absolute atomic E-state index is 11.0. The van der Waals surface area contributed by atoms with Crippen molar-refractivity contribution in [1.29, 1.82) is 0 Å². The highest BCUT2D eigenvalue weighted by Gasteiger charge is 2.10. The van der Waals surface area contributed by atoms with Crippen LogP contribution in [0.4, 0.5) is 11.5 Å². The van der Waals surface area contributed by atoms with Crippen molar-refractivity contribution in [3.8, 4) is 0 Å². The molecule has 0 spiro atoms. The minimum Gasteiger partial charge on any atom is -0.339 e. The fraction of sp³-hybridized carbons (Fsp3) is 0.154. The highest BCUT2D eigenvalue weighted by atomic mass is 79.9.